The maximum absolute atomic E-state index is 13.7. The Morgan fingerprint density at radius 2 is 1.75 bits per heavy atom. The van der Waals surface area contributed by atoms with E-state index in [1.807, 2.05) is 0 Å². The molecule has 0 aromatic heterocycles. The molecule has 0 amide bonds. The first kappa shape index (κ1) is 9.69. The van der Waals surface area contributed by atoms with Crippen molar-refractivity contribution in [3.63, 3.8) is 0 Å². The highest BCUT2D eigenvalue weighted by atomic mass is 19.1. The SMILES string of the molecule is CC(C)(F)C1(C=O)CCCCC1. The van der Waals surface area contributed by atoms with Crippen LogP contribution in [0.4, 0.5) is 4.39 Å². The standard InChI is InChI=1S/C10H17FO/c1-9(2,11)10(8-12)6-4-3-5-7-10/h8H,3-7H2,1-2H3. The van der Waals surface area contributed by atoms with Gasteiger partial charge in [-0.25, -0.2) is 4.39 Å². The Balaban J connectivity index is 2.80. The van der Waals surface area contributed by atoms with E-state index in [0.29, 0.717) is 0 Å². The zero-order chi connectivity index (χ0) is 9.24. The monoisotopic (exact) mass is 172 g/mol. The van der Waals surface area contributed by atoms with Crippen molar-refractivity contribution in [3.8, 4) is 0 Å². The van der Waals surface area contributed by atoms with E-state index < -0.39 is 11.1 Å². The summed E-state index contributed by atoms with van der Waals surface area (Å²) in [6.45, 7) is 3.04. The van der Waals surface area contributed by atoms with Gasteiger partial charge in [0, 0.05) is 0 Å². The highest BCUT2D eigenvalue weighted by Gasteiger charge is 2.45. The second-order valence-corrected chi connectivity index (χ2v) is 4.31. The van der Waals surface area contributed by atoms with E-state index in [9.17, 15) is 9.18 Å². The van der Waals surface area contributed by atoms with Crippen LogP contribution in [0.3, 0.4) is 0 Å². The van der Waals surface area contributed by atoms with Gasteiger partial charge in [-0.1, -0.05) is 19.3 Å². The third-order valence-electron chi connectivity index (χ3n) is 3.16. The van der Waals surface area contributed by atoms with Gasteiger partial charge < -0.3 is 4.79 Å². The maximum Gasteiger partial charge on any atom is 0.129 e. The van der Waals surface area contributed by atoms with Gasteiger partial charge in [-0.05, 0) is 26.7 Å². The first-order chi connectivity index (χ1) is 5.52. The summed E-state index contributed by atoms with van der Waals surface area (Å²) >= 11 is 0. The third kappa shape index (κ3) is 1.52. The smallest absolute Gasteiger partial charge is 0.129 e. The Morgan fingerprint density at radius 1 is 1.25 bits per heavy atom. The number of hydrogen-bond acceptors (Lipinski definition) is 1. The second kappa shape index (κ2) is 3.15. The van der Waals surface area contributed by atoms with Crippen LogP contribution in [0.1, 0.15) is 46.0 Å². The molecule has 0 unspecified atom stereocenters. The molecule has 1 nitrogen and oxygen atoms in total. The van der Waals surface area contributed by atoms with E-state index in [2.05, 4.69) is 0 Å². The number of hydrogen-bond donors (Lipinski definition) is 0. The molecule has 1 rings (SSSR count). The summed E-state index contributed by atoms with van der Waals surface area (Å²) in [5, 5.41) is 0. The highest BCUT2D eigenvalue weighted by Crippen LogP contribution is 2.44. The Hall–Kier alpha value is -0.400. The van der Waals surface area contributed by atoms with Gasteiger partial charge in [0.15, 0.2) is 0 Å². The quantitative estimate of drug-likeness (QED) is 0.585. The van der Waals surface area contributed by atoms with Crippen molar-refractivity contribution in [1.82, 2.24) is 0 Å². The number of carbonyl (C=O) groups excluding carboxylic acids is 1. The predicted molar refractivity (Wildman–Crippen MR) is 46.8 cm³/mol. The van der Waals surface area contributed by atoms with E-state index >= 15 is 0 Å². The third-order valence-corrected chi connectivity index (χ3v) is 3.16. The van der Waals surface area contributed by atoms with E-state index in [-0.39, 0.29) is 0 Å². The first-order valence-electron chi connectivity index (χ1n) is 4.67. The van der Waals surface area contributed by atoms with Crippen LogP contribution in [-0.2, 0) is 4.79 Å². The van der Waals surface area contributed by atoms with Crippen LogP contribution in [0.15, 0.2) is 0 Å². The normalized spacial score (nSPS) is 23.6. The summed E-state index contributed by atoms with van der Waals surface area (Å²) in [5.74, 6) is 0. The van der Waals surface area contributed by atoms with Gasteiger partial charge in [-0.2, -0.15) is 0 Å². The lowest BCUT2D eigenvalue weighted by atomic mass is 9.66. The molecule has 1 aliphatic rings. The topological polar surface area (TPSA) is 17.1 Å². The first-order valence-corrected chi connectivity index (χ1v) is 4.67. The summed E-state index contributed by atoms with van der Waals surface area (Å²) in [5.41, 5.74) is -2.04. The molecule has 2 heteroatoms. The van der Waals surface area contributed by atoms with Gasteiger partial charge in [0.1, 0.15) is 12.0 Å². The number of rotatable bonds is 2. The molecule has 12 heavy (non-hydrogen) atoms. The fourth-order valence-corrected chi connectivity index (χ4v) is 2.04. The van der Waals surface area contributed by atoms with Crippen molar-refractivity contribution in [2.45, 2.75) is 51.6 Å². The Labute approximate surface area is 73.3 Å². The molecule has 0 bridgehead atoms. The lowest BCUT2D eigenvalue weighted by Crippen LogP contribution is -2.43. The summed E-state index contributed by atoms with van der Waals surface area (Å²) in [6, 6.07) is 0. The number of alkyl halides is 1. The van der Waals surface area contributed by atoms with E-state index in [1.165, 1.54) is 13.8 Å². The van der Waals surface area contributed by atoms with E-state index in [0.717, 1.165) is 38.4 Å². The minimum absolute atomic E-state index is 0.689. The van der Waals surface area contributed by atoms with Crippen molar-refractivity contribution in [3.05, 3.63) is 0 Å². The minimum Gasteiger partial charge on any atom is -0.303 e. The van der Waals surface area contributed by atoms with Gasteiger partial charge in [0.25, 0.3) is 0 Å². The van der Waals surface area contributed by atoms with Gasteiger partial charge >= 0.3 is 0 Å². The molecule has 0 radical (unpaired) electrons. The minimum atomic E-state index is -1.35. The van der Waals surface area contributed by atoms with Crippen LogP contribution in [0.2, 0.25) is 0 Å². The molecule has 1 aliphatic carbocycles. The van der Waals surface area contributed by atoms with Gasteiger partial charge in [0.05, 0.1) is 5.41 Å². The number of aldehydes is 1. The number of halogens is 1. The molecule has 0 atom stereocenters. The number of carbonyl (C=O) groups is 1. The van der Waals surface area contributed by atoms with Crippen LogP contribution < -0.4 is 0 Å². The lowest BCUT2D eigenvalue weighted by Gasteiger charge is -2.39. The zero-order valence-corrected chi connectivity index (χ0v) is 7.90. The maximum atomic E-state index is 13.7. The molecule has 1 fully saturated rings. The molecule has 0 aliphatic heterocycles. The second-order valence-electron chi connectivity index (χ2n) is 4.31. The Morgan fingerprint density at radius 3 is 2.00 bits per heavy atom. The lowest BCUT2D eigenvalue weighted by molar-refractivity contribution is -0.127. The Kier molecular flexibility index (Phi) is 2.55. The van der Waals surface area contributed by atoms with Crippen LogP contribution in [-0.4, -0.2) is 12.0 Å². The molecule has 70 valence electrons. The summed E-state index contributed by atoms with van der Waals surface area (Å²) in [4.78, 5) is 10.9. The largest absolute Gasteiger partial charge is 0.303 e. The van der Waals surface area contributed by atoms with E-state index in [1.54, 1.807) is 0 Å². The van der Waals surface area contributed by atoms with E-state index in [4.69, 9.17) is 0 Å². The summed E-state index contributed by atoms with van der Waals surface area (Å²) in [6.07, 6.45) is 5.41. The Bertz CT molecular complexity index is 163. The van der Waals surface area contributed by atoms with Gasteiger partial charge in [0.2, 0.25) is 0 Å². The molecule has 0 saturated heterocycles. The van der Waals surface area contributed by atoms with Crippen LogP contribution in [0.25, 0.3) is 0 Å². The van der Waals surface area contributed by atoms with Crippen molar-refractivity contribution in [2.75, 3.05) is 0 Å². The molecular weight excluding hydrogens is 155 g/mol. The molecule has 1 saturated carbocycles. The summed E-state index contributed by atoms with van der Waals surface area (Å²) in [7, 11) is 0. The zero-order valence-electron chi connectivity index (χ0n) is 7.90. The van der Waals surface area contributed by atoms with Crippen molar-refractivity contribution in [2.24, 2.45) is 5.41 Å². The average molecular weight is 172 g/mol. The molecular formula is C10H17FO. The molecule has 0 heterocycles. The van der Waals surface area contributed by atoms with Crippen LogP contribution in [0.5, 0.6) is 0 Å². The fourth-order valence-electron chi connectivity index (χ4n) is 2.04. The van der Waals surface area contributed by atoms with Gasteiger partial charge in [-0.3, -0.25) is 0 Å². The molecule has 0 N–H and O–H groups in total. The highest BCUT2D eigenvalue weighted by molar-refractivity contribution is 5.61. The average Bonchev–Trinajstić information content (AvgIpc) is 2.04. The van der Waals surface area contributed by atoms with Crippen molar-refractivity contribution in [1.29, 1.82) is 0 Å². The van der Waals surface area contributed by atoms with Crippen molar-refractivity contribution >= 4 is 6.29 Å². The predicted octanol–water partition coefficient (Wildman–Crippen LogP) is 2.88. The fraction of sp³-hybridized carbons (Fsp3) is 0.900. The van der Waals surface area contributed by atoms with Gasteiger partial charge in [-0.15, -0.1) is 0 Å². The summed E-state index contributed by atoms with van der Waals surface area (Å²) < 4.78 is 13.7. The molecule has 0 aromatic carbocycles. The van der Waals surface area contributed by atoms with Crippen LogP contribution in [0, 0.1) is 5.41 Å². The van der Waals surface area contributed by atoms with Crippen molar-refractivity contribution < 1.29 is 9.18 Å². The molecule has 0 spiro atoms. The van der Waals surface area contributed by atoms with Crippen LogP contribution >= 0.6 is 0 Å². The molecule has 0 aromatic rings.